The quantitative estimate of drug-likeness (QED) is 0.708. The molecule has 18 heavy (non-hydrogen) atoms. The Kier molecular flexibility index (Phi) is 3.87. The Bertz CT molecular complexity index is 337. The average molecular weight is 257 g/mol. The predicted octanol–water partition coefficient (Wildman–Crippen LogP) is 0.161. The van der Waals surface area contributed by atoms with Crippen molar-refractivity contribution in [3.05, 3.63) is 0 Å². The maximum absolute atomic E-state index is 12.0. The summed E-state index contributed by atoms with van der Waals surface area (Å²) in [6, 6.07) is 0. The highest BCUT2D eigenvalue weighted by atomic mass is 16.5. The molecular formula is C12H19NO5. The van der Waals surface area contributed by atoms with Crippen molar-refractivity contribution < 1.29 is 24.2 Å². The highest BCUT2D eigenvalue weighted by Crippen LogP contribution is 2.35. The number of aliphatic carboxylic acids is 1. The molecule has 3 atom stereocenters. The number of hydrogen-bond acceptors (Lipinski definition) is 4. The van der Waals surface area contributed by atoms with Crippen molar-refractivity contribution >= 4 is 11.9 Å². The van der Waals surface area contributed by atoms with E-state index in [0.29, 0.717) is 19.6 Å². The first kappa shape index (κ1) is 13.3. The third-order valence-corrected chi connectivity index (χ3v) is 3.43. The first-order valence-electron chi connectivity index (χ1n) is 6.29. The fraction of sp³-hybridized carbons (Fsp3) is 0.833. The van der Waals surface area contributed by atoms with Gasteiger partial charge in [0.15, 0.2) is 0 Å². The lowest BCUT2D eigenvalue weighted by molar-refractivity contribution is -0.139. The number of ether oxygens (including phenoxy) is 2. The summed E-state index contributed by atoms with van der Waals surface area (Å²) < 4.78 is 10.6. The van der Waals surface area contributed by atoms with Gasteiger partial charge in [-0.15, -0.1) is 0 Å². The summed E-state index contributed by atoms with van der Waals surface area (Å²) in [6.45, 7) is 3.26. The summed E-state index contributed by atoms with van der Waals surface area (Å²) in [4.78, 5) is 22.9. The molecule has 0 aromatic rings. The molecule has 1 aliphatic carbocycles. The van der Waals surface area contributed by atoms with Crippen LogP contribution < -0.4 is 5.32 Å². The zero-order valence-corrected chi connectivity index (χ0v) is 10.5. The molecule has 1 saturated carbocycles. The molecule has 2 N–H and O–H groups in total. The Labute approximate surface area is 106 Å². The number of hydrogen-bond donors (Lipinski definition) is 2. The van der Waals surface area contributed by atoms with Gasteiger partial charge in [-0.2, -0.15) is 0 Å². The number of amides is 1. The predicted molar refractivity (Wildman–Crippen MR) is 62.1 cm³/mol. The Hall–Kier alpha value is -1.14. The summed E-state index contributed by atoms with van der Waals surface area (Å²) >= 11 is 0. The van der Waals surface area contributed by atoms with Crippen molar-refractivity contribution in [3.8, 4) is 0 Å². The van der Waals surface area contributed by atoms with E-state index in [1.807, 2.05) is 6.92 Å². The zero-order chi connectivity index (χ0) is 13.2. The minimum absolute atomic E-state index is 0.000741. The highest BCUT2D eigenvalue weighted by Gasteiger charge is 2.47. The van der Waals surface area contributed by atoms with E-state index in [9.17, 15) is 9.59 Å². The summed E-state index contributed by atoms with van der Waals surface area (Å²) in [6.07, 6.45) is 1.19. The van der Waals surface area contributed by atoms with E-state index in [0.717, 1.165) is 6.42 Å². The van der Waals surface area contributed by atoms with Gasteiger partial charge in [-0.05, 0) is 19.8 Å². The largest absolute Gasteiger partial charge is 0.481 e. The van der Waals surface area contributed by atoms with E-state index in [1.165, 1.54) is 0 Å². The molecule has 0 spiro atoms. The van der Waals surface area contributed by atoms with Gasteiger partial charge >= 0.3 is 5.97 Å². The molecule has 0 radical (unpaired) electrons. The lowest BCUT2D eigenvalue weighted by Gasteiger charge is -2.27. The smallest absolute Gasteiger partial charge is 0.305 e. The molecule has 3 unspecified atom stereocenters. The molecule has 0 bridgehead atoms. The van der Waals surface area contributed by atoms with E-state index >= 15 is 0 Å². The Morgan fingerprint density at radius 2 is 2.33 bits per heavy atom. The summed E-state index contributed by atoms with van der Waals surface area (Å²) in [7, 11) is 0. The molecule has 6 nitrogen and oxygen atoms in total. The van der Waals surface area contributed by atoms with Gasteiger partial charge < -0.3 is 19.9 Å². The molecule has 2 fully saturated rings. The number of carbonyl (C=O) groups excluding carboxylic acids is 1. The Morgan fingerprint density at radius 1 is 1.56 bits per heavy atom. The van der Waals surface area contributed by atoms with Gasteiger partial charge in [0.1, 0.15) is 0 Å². The van der Waals surface area contributed by atoms with Gasteiger partial charge in [0, 0.05) is 13.2 Å². The van der Waals surface area contributed by atoms with Crippen molar-refractivity contribution in [2.75, 3.05) is 19.8 Å². The maximum Gasteiger partial charge on any atom is 0.305 e. The lowest BCUT2D eigenvalue weighted by Crippen LogP contribution is -2.51. The van der Waals surface area contributed by atoms with Crippen LogP contribution in [0.15, 0.2) is 0 Å². The van der Waals surface area contributed by atoms with Crippen LogP contribution in [0.1, 0.15) is 26.2 Å². The van der Waals surface area contributed by atoms with Gasteiger partial charge in [-0.1, -0.05) is 0 Å². The SMILES string of the molecule is CCOC1CC1C(=O)NC1(CC(=O)O)CCOC1. The number of nitrogens with one attached hydrogen (secondary N) is 1. The molecular weight excluding hydrogens is 238 g/mol. The van der Waals surface area contributed by atoms with Gasteiger partial charge in [-0.25, -0.2) is 0 Å². The van der Waals surface area contributed by atoms with E-state index in [-0.39, 0.29) is 31.0 Å². The van der Waals surface area contributed by atoms with Gasteiger partial charge in [-0.3, -0.25) is 9.59 Å². The van der Waals surface area contributed by atoms with Crippen LogP contribution in [0.25, 0.3) is 0 Å². The molecule has 2 aliphatic rings. The van der Waals surface area contributed by atoms with Crippen LogP contribution in [-0.2, 0) is 19.1 Å². The topological polar surface area (TPSA) is 84.9 Å². The second-order valence-electron chi connectivity index (χ2n) is 4.98. The van der Waals surface area contributed by atoms with E-state index in [4.69, 9.17) is 14.6 Å². The lowest BCUT2D eigenvalue weighted by atomic mass is 9.94. The number of carbonyl (C=O) groups is 2. The van der Waals surface area contributed by atoms with Crippen LogP contribution in [-0.4, -0.2) is 48.4 Å². The molecule has 1 heterocycles. The third kappa shape index (κ3) is 3.00. The van der Waals surface area contributed by atoms with Crippen LogP contribution in [0.5, 0.6) is 0 Å². The molecule has 0 aromatic heterocycles. The van der Waals surface area contributed by atoms with Gasteiger partial charge in [0.05, 0.1) is 30.6 Å². The van der Waals surface area contributed by atoms with Crippen molar-refractivity contribution in [1.82, 2.24) is 5.32 Å². The molecule has 1 amide bonds. The maximum atomic E-state index is 12.0. The summed E-state index contributed by atoms with van der Waals surface area (Å²) in [5.41, 5.74) is -0.734. The molecule has 1 saturated heterocycles. The van der Waals surface area contributed by atoms with Crippen LogP contribution in [0.3, 0.4) is 0 Å². The van der Waals surface area contributed by atoms with E-state index in [1.54, 1.807) is 0 Å². The zero-order valence-electron chi connectivity index (χ0n) is 10.5. The van der Waals surface area contributed by atoms with Crippen LogP contribution in [0.2, 0.25) is 0 Å². The van der Waals surface area contributed by atoms with Crippen molar-refractivity contribution in [2.24, 2.45) is 5.92 Å². The minimum Gasteiger partial charge on any atom is -0.481 e. The molecule has 2 rings (SSSR count). The van der Waals surface area contributed by atoms with Crippen molar-refractivity contribution in [3.63, 3.8) is 0 Å². The van der Waals surface area contributed by atoms with Crippen molar-refractivity contribution in [2.45, 2.75) is 37.8 Å². The number of carboxylic acids is 1. The fourth-order valence-electron chi connectivity index (χ4n) is 2.38. The van der Waals surface area contributed by atoms with E-state index < -0.39 is 11.5 Å². The van der Waals surface area contributed by atoms with Crippen LogP contribution in [0, 0.1) is 5.92 Å². The fourth-order valence-corrected chi connectivity index (χ4v) is 2.38. The Morgan fingerprint density at radius 3 is 2.89 bits per heavy atom. The highest BCUT2D eigenvalue weighted by molar-refractivity contribution is 5.83. The number of rotatable bonds is 6. The monoisotopic (exact) mass is 257 g/mol. The standard InChI is InChI=1S/C12H19NO5/c1-2-18-9-5-8(9)11(16)13-12(6-10(14)15)3-4-17-7-12/h8-9H,2-7H2,1H3,(H,13,16)(H,14,15). The summed E-state index contributed by atoms with van der Waals surface area (Å²) in [5.74, 6) is -1.16. The number of carboxylic acid groups (broad SMARTS) is 1. The molecule has 0 aromatic carbocycles. The summed E-state index contributed by atoms with van der Waals surface area (Å²) in [5, 5.41) is 11.8. The minimum atomic E-state index is -0.919. The first-order valence-corrected chi connectivity index (χ1v) is 6.29. The molecule has 102 valence electrons. The average Bonchev–Trinajstić information content (AvgIpc) is 2.91. The third-order valence-electron chi connectivity index (χ3n) is 3.43. The molecule has 1 aliphatic heterocycles. The van der Waals surface area contributed by atoms with Gasteiger partial charge in [0.2, 0.25) is 5.91 Å². The second kappa shape index (κ2) is 5.24. The first-order chi connectivity index (χ1) is 8.56. The molecule has 6 heteroatoms. The Balaban J connectivity index is 1.89. The van der Waals surface area contributed by atoms with Crippen molar-refractivity contribution in [1.29, 1.82) is 0 Å². The normalized spacial score (nSPS) is 34.3. The second-order valence-corrected chi connectivity index (χ2v) is 4.98. The van der Waals surface area contributed by atoms with Gasteiger partial charge in [0.25, 0.3) is 0 Å². The van der Waals surface area contributed by atoms with E-state index in [2.05, 4.69) is 5.32 Å². The van der Waals surface area contributed by atoms with Crippen LogP contribution >= 0.6 is 0 Å². The van der Waals surface area contributed by atoms with Crippen LogP contribution in [0.4, 0.5) is 0 Å².